The molecule has 1 atom stereocenters. The number of thioether (sulfide) groups is 1. The molecule has 0 saturated carbocycles. The number of carbonyl (C=O) groups is 2. The molecule has 1 N–H and O–H groups in total. The summed E-state index contributed by atoms with van der Waals surface area (Å²) in [4.78, 5) is 25.2. The largest absolute Gasteiger partial charge is 0.481 e. The van der Waals surface area contributed by atoms with Crippen LogP contribution in [-0.2, 0) is 16.0 Å². The number of aliphatic carboxylic acids is 1. The molecular formula is C15H16N2O4S. The molecule has 22 heavy (non-hydrogen) atoms. The molecule has 2 aromatic rings. The van der Waals surface area contributed by atoms with Crippen LogP contribution in [0.3, 0.4) is 0 Å². The van der Waals surface area contributed by atoms with Crippen LogP contribution in [-0.4, -0.2) is 51.1 Å². The van der Waals surface area contributed by atoms with Gasteiger partial charge in [0.15, 0.2) is 5.58 Å². The average Bonchev–Trinajstić information content (AvgIpc) is 2.90. The highest BCUT2D eigenvalue weighted by atomic mass is 32.2. The van der Waals surface area contributed by atoms with Gasteiger partial charge >= 0.3 is 5.97 Å². The van der Waals surface area contributed by atoms with Gasteiger partial charge in [-0.05, 0) is 12.1 Å². The molecule has 1 aliphatic heterocycles. The first kappa shape index (κ1) is 14.9. The van der Waals surface area contributed by atoms with Gasteiger partial charge in [0.2, 0.25) is 5.91 Å². The molecule has 2 heterocycles. The number of fused-ring (bicyclic) bond motifs is 1. The van der Waals surface area contributed by atoms with E-state index in [1.165, 1.54) is 0 Å². The molecule has 0 radical (unpaired) electrons. The molecule has 1 aliphatic rings. The lowest BCUT2D eigenvalue weighted by Gasteiger charge is -2.34. The predicted molar refractivity (Wildman–Crippen MR) is 82.8 cm³/mol. The van der Waals surface area contributed by atoms with Crippen molar-refractivity contribution in [3.8, 4) is 0 Å². The van der Waals surface area contributed by atoms with Crippen LogP contribution in [0.15, 0.2) is 28.8 Å². The quantitative estimate of drug-likeness (QED) is 0.924. The molecule has 1 fully saturated rings. The normalized spacial score (nSPS) is 18.5. The highest BCUT2D eigenvalue weighted by Gasteiger charge is 2.29. The summed E-state index contributed by atoms with van der Waals surface area (Å²) in [5, 5.41) is 13.8. The third-order valence-electron chi connectivity index (χ3n) is 3.73. The van der Waals surface area contributed by atoms with E-state index in [0.29, 0.717) is 23.6 Å². The number of carboxylic acid groups (broad SMARTS) is 1. The van der Waals surface area contributed by atoms with Crippen molar-refractivity contribution in [1.82, 2.24) is 10.1 Å². The van der Waals surface area contributed by atoms with Crippen LogP contribution in [0.5, 0.6) is 0 Å². The highest BCUT2D eigenvalue weighted by molar-refractivity contribution is 7.99. The van der Waals surface area contributed by atoms with E-state index in [1.807, 2.05) is 18.2 Å². The standard InChI is InChI=1S/C15H16N2O4S/c18-14(17-5-6-22-9-10(17)7-15(19)20)8-12-11-3-1-2-4-13(11)21-16-12/h1-4,10H,5-9H2,(H,19,20). The van der Waals surface area contributed by atoms with Crippen molar-refractivity contribution >= 4 is 34.6 Å². The Morgan fingerprint density at radius 2 is 2.23 bits per heavy atom. The SMILES string of the molecule is O=C(O)CC1CSCCN1C(=O)Cc1noc2ccccc12. The number of aromatic nitrogens is 1. The second kappa shape index (κ2) is 6.39. The van der Waals surface area contributed by atoms with E-state index in [1.54, 1.807) is 22.7 Å². The maximum atomic E-state index is 12.5. The molecule has 116 valence electrons. The second-order valence-corrected chi connectivity index (χ2v) is 6.37. The fraction of sp³-hybridized carbons (Fsp3) is 0.400. The minimum atomic E-state index is -0.878. The topological polar surface area (TPSA) is 83.6 Å². The predicted octanol–water partition coefficient (Wildman–Crippen LogP) is 1.79. The molecule has 0 bridgehead atoms. The van der Waals surface area contributed by atoms with Gasteiger partial charge in [0.05, 0.1) is 18.9 Å². The van der Waals surface area contributed by atoms with Crippen molar-refractivity contribution < 1.29 is 19.2 Å². The maximum absolute atomic E-state index is 12.5. The first-order chi connectivity index (χ1) is 10.6. The smallest absolute Gasteiger partial charge is 0.305 e. The van der Waals surface area contributed by atoms with Crippen LogP contribution in [0.1, 0.15) is 12.1 Å². The third kappa shape index (κ3) is 3.09. The van der Waals surface area contributed by atoms with Gasteiger partial charge in [-0.15, -0.1) is 0 Å². The molecule has 0 spiro atoms. The zero-order valence-corrected chi connectivity index (χ0v) is 12.7. The van der Waals surface area contributed by atoms with Crippen LogP contribution in [0.2, 0.25) is 0 Å². The zero-order chi connectivity index (χ0) is 15.5. The number of nitrogens with zero attached hydrogens (tertiary/aromatic N) is 2. The summed E-state index contributed by atoms with van der Waals surface area (Å²) in [5.41, 5.74) is 1.26. The van der Waals surface area contributed by atoms with Crippen molar-refractivity contribution in [2.75, 3.05) is 18.1 Å². The zero-order valence-electron chi connectivity index (χ0n) is 11.9. The lowest BCUT2D eigenvalue weighted by Crippen LogP contribution is -2.47. The Hall–Kier alpha value is -2.02. The van der Waals surface area contributed by atoms with Gasteiger partial charge in [0.25, 0.3) is 0 Å². The number of amides is 1. The van der Waals surface area contributed by atoms with E-state index in [9.17, 15) is 9.59 Å². The number of hydrogen-bond donors (Lipinski definition) is 1. The van der Waals surface area contributed by atoms with E-state index in [4.69, 9.17) is 9.63 Å². The van der Waals surface area contributed by atoms with E-state index < -0.39 is 5.97 Å². The number of carbonyl (C=O) groups excluding carboxylic acids is 1. The maximum Gasteiger partial charge on any atom is 0.305 e. The fourth-order valence-corrected chi connectivity index (χ4v) is 3.73. The Morgan fingerprint density at radius 3 is 3.05 bits per heavy atom. The molecule has 1 aromatic carbocycles. The average molecular weight is 320 g/mol. The van der Waals surface area contributed by atoms with Gasteiger partial charge < -0.3 is 14.5 Å². The molecule has 6 nitrogen and oxygen atoms in total. The lowest BCUT2D eigenvalue weighted by atomic mass is 10.1. The van der Waals surface area contributed by atoms with Gasteiger partial charge in [-0.1, -0.05) is 17.3 Å². The Balaban J connectivity index is 1.76. The Bertz CT molecular complexity index is 700. The molecule has 1 unspecified atom stereocenters. The van der Waals surface area contributed by atoms with Gasteiger partial charge in [0.1, 0.15) is 5.69 Å². The number of rotatable bonds is 4. The fourth-order valence-electron chi connectivity index (χ4n) is 2.66. The molecule has 7 heteroatoms. The first-order valence-electron chi connectivity index (χ1n) is 7.07. The highest BCUT2D eigenvalue weighted by Crippen LogP contribution is 2.22. The van der Waals surface area contributed by atoms with E-state index in [2.05, 4.69) is 5.16 Å². The van der Waals surface area contributed by atoms with Crippen molar-refractivity contribution in [2.24, 2.45) is 0 Å². The molecule has 0 aliphatic carbocycles. The van der Waals surface area contributed by atoms with Crippen LogP contribution in [0.4, 0.5) is 0 Å². The summed E-state index contributed by atoms with van der Waals surface area (Å²) in [6, 6.07) is 7.15. The minimum Gasteiger partial charge on any atom is -0.481 e. The summed E-state index contributed by atoms with van der Waals surface area (Å²) < 4.78 is 5.21. The second-order valence-electron chi connectivity index (χ2n) is 5.22. The monoisotopic (exact) mass is 320 g/mol. The molecular weight excluding hydrogens is 304 g/mol. The van der Waals surface area contributed by atoms with E-state index in [0.717, 1.165) is 11.1 Å². The summed E-state index contributed by atoms with van der Waals surface area (Å²) in [6.45, 7) is 0.581. The van der Waals surface area contributed by atoms with Crippen LogP contribution in [0, 0.1) is 0 Å². The molecule has 1 amide bonds. The van der Waals surface area contributed by atoms with Gasteiger partial charge in [0, 0.05) is 23.4 Å². The number of hydrogen-bond acceptors (Lipinski definition) is 5. The Morgan fingerprint density at radius 1 is 1.41 bits per heavy atom. The minimum absolute atomic E-state index is 0.0156. The van der Waals surface area contributed by atoms with E-state index >= 15 is 0 Å². The lowest BCUT2D eigenvalue weighted by molar-refractivity contribution is -0.140. The first-order valence-corrected chi connectivity index (χ1v) is 8.23. The van der Waals surface area contributed by atoms with Crippen molar-refractivity contribution in [3.63, 3.8) is 0 Å². The van der Waals surface area contributed by atoms with Gasteiger partial charge in [-0.2, -0.15) is 11.8 Å². The Kier molecular flexibility index (Phi) is 4.33. The van der Waals surface area contributed by atoms with Crippen molar-refractivity contribution in [1.29, 1.82) is 0 Å². The van der Waals surface area contributed by atoms with Crippen molar-refractivity contribution in [3.05, 3.63) is 30.0 Å². The molecule has 1 aromatic heterocycles. The third-order valence-corrected chi connectivity index (χ3v) is 4.82. The van der Waals surface area contributed by atoms with Crippen LogP contribution < -0.4 is 0 Å². The molecule has 3 rings (SSSR count). The summed E-state index contributed by atoms with van der Waals surface area (Å²) in [7, 11) is 0. The number of benzene rings is 1. The van der Waals surface area contributed by atoms with Crippen molar-refractivity contribution in [2.45, 2.75) is 18.9 Å². The van der Waals surface area contributed by atoms with Gasteiger partial charge in [-0.3, -0.25) is 9.59 Å². The summed E-state index contributed by atoms with van der Waals surface area (Å²) >= 11 is 1.69. The number of para-hydroxylation sites is 1. The Labute approximate surface area is 131 Å². The summed E-state index contributed by atoms with van der Waals surface area (Å²) in [5.74, 6) is 0.529. The van der Waals surface area contributed by atoms with Crippen LogP contribution >= 0.6 is 11.8 Å². The van der Waals surface area contributed by atoms with Crippen LogP contribution in [0.25, 0.3) is 11.0 Å². The number of carboxylic acids is 1. The van der Waals surface area contributed by atoms with Gasteiger partial charge in [-0.25, -0.2) is 0 Å². The van der Waals surface area contributed by atoms with E-state index in [-0.39, 0.29) is 24.8 Å². The summed E-state index contributed by atoms with van der Waals surface area (Å²) in [6.07, 6.45) is 0.121. The molecule has 1 saturated heterocycles.